The van der Waals surface area contributed by atoms with Crippen LogP contribution in [0, 0.1) is 0 Å². The van der Waals surface area contributed by atoms with Crippen LogP contribution in [0.25, 0.3) is 0 Å². The molecule has 1 fully saturated rings. The molecule has 2 nitrogen and oxygen atoms in total. The van der Waals surface area contributed by atoms with Crippen molar-refractivity contribution in [1.82, 2.24) is 5.32 Å². The number of hydrogen-bond donors (Lipinski definition) is 1. The van der Waals surface area contributed by atoms with Gasteiger partial charge in [0.25, 0.3) is 0 Å². The molecule has 1 atom stereocenters. The first-order valence-electron chi connectivity index (χ1n) is 5.96. The molecule has 1 aromatic carbocycles. The van der Waals surface area contributed by atoms with Gasteiger partial charge in [-0.15, -0.1) is 13.2 Å². The molecule has 100 valence electrons. The first kappa shape index (κ1) is 13.2. The van der Waals surface area contributed by atoms with Gasteiger partial charge < -0.3 is 10.1 Å². The molecule has 1 aliphatic heterocycles. The van der Waals surface area contributed by atoms with Crippen LogP contribution in [0.4, 0.5) is 13.2 Å². The van der Waals surface area contributed by atoms with E-state index in [4.69, 9.17) is 0 Å². The highest BCUT2D eigenvalue weighted by Gasteiger charge is 2.31. The van der Waals surface area contributed by atoms with Gasteiger partial charge in [0.2, 0.25) is 0 Å². The lowest BCUT2D eigenvalue weighted by atomic mass is 9.91. The summed E-state index contributed by atoms with van der Waals surface area (Å²) in [6, 6.07) is 6.10. The molecule has 1 saturated heterocycles. The Bertz CT molecular complexity index is 394. The Kier molecular flexibility index (Phi) is 3.52. The zero-order valence-corrected chi connectivity index (χ0v) is 10.2. The van der Waals surface area contributed by atoms with Crippen molar-refractivity contribution < 1.29 is 17.9 Å². The summed E-state index contributed by atoms with van der Waals surface area (Å²) in [6.07, 6.45) is -1.57. The Hall–Kier alpha value is -1.23. The van der Waals surface area contributed by atoms with E-state index in [2.05, 4.69) is 17.0 Å². The molecular formula is C13H16F3NO. The van der Waals surface area contributed by atoms with Crippen molar-refractivity contribution in [2.75, 3.05) is 6.54 Å². The fourth-order valence-corrected chi connectivity index (χ4v) is 2.37. The van der Waals surface area contributed by atoms with E-state index >= 15 is 0 Å². The normalized spacial score (nSPS) is 24.2. The minimum Gasteiger partial charge on any atom is -0.406 e. The van der Waals surface area contributed by atoms with E-state index in [1.165, 1.54) is 12.1 Å². The van der Waals surface area contributed by atoms with Crippen LogP contribution < -0.4 is 10.1 Å². The molecule has 18 heavy (non-hydrogen) atoms. The first-order valence-corrected chi connectivity index (χ1v) is 5.96. The number of benzene rings is 1. The van der Waals surface area contributed by atoms with Crippen LogP contribution >= 0.6 is 0 Å². The number of ether oxygens (including phenoxy) is 1. The first-order chi connectivity index (χ1) is 8.36. The van der Waals surface area contributed by atoms with Crippen molar-refractivity contribution in [1.29, 1.82) is 0 Å². The molecule has 0 spiro atoms. The van der Waals surface area contributed by atoms with E-state index in [0.29, 0.717) is 0 Å². The van der Waals surface area contributed by atoms with Gasteiger partial charge in [-0.05, 0) is 50.4 Å². The van der Waals surface area contributed by atoms with Crippen molar-refractivity contribution in [2.45, 2.75) is 38.1 Å². The topological polar surface area (TPSA) is 21.3 Å². The molecule has 5 heteroatoms. The summed E-state index contributed by atoms with van der Waals surface area (Å²) < 4.78 is 39.8. The van der Waals surface area contributed by atoms with Crippen LogP contribution in [-0.2, 0) is 6.42 Å². The summed E-state index contributed by atoms with van der Waals surface area (Å²) in [5, 5.41) is 3.42. The van der Waals surface area contributed by atoms with Gasteiger partial charge in [0.05, 0.1) is 0 Å². The zero-order valence-electron chi connectivity index (χ0n) is 10.2. The van der Waals surface area contributed by atoms with Gasteiger partial charge in [-0.2, -0.15) is 0 Å². The number of rotatable bonds is 3. The Balaban J connectivity index is 1.99. The molecule has 0 saturated carbocycles. The summed E-state index contributed by atoms with van der Waals surface area (Å²) >= 11 is 0. The SMILES string of the molecule is C[C@]1(Cc2ccc(OC(F)(F)F)cc2)CCCN1. The van der Waals surface area contributed by atoms with E-state index < -0.39 is 6.36 Å². The standard InChI is InChI=1S/C13H16F3NO/c1-12(7-2-8-17-12)9-10-3-5-11(6-4-10)18-13(14,15)16/h3-6,17H,2,7-9H2,1H3/t12-/m1/s1. The van der Waals surface area contributed by atoms with E-state index in [-0.39, 0.29) is 11.3 Å². The summed E-state index contributed by atoms with van der Waals surface area (Å²) in [5.41, 5.74) is 1.08. The summed E-state index contributed by atoms with van der Waals surface area (Å²) in [7, 11) is 0. The highest BCUT2D eigenvalue weighted by Crippen LogP contribution is 2.26. The van der Waals surface area contributed by atoms with E-state index in [0.717, 1.165) is 31.4 Å². The summed E-state index contributed by atoms with van der Waals surface area (Å²) in [5.74, 6) is -0.171. The van der Waals surface area contributed by atoms with Crippen molar-refractivity contribution >= 4 is 0 Å². The molecule has 2 rings (SSSR count). The quantitative estimate of drug-likeness (QED) is 0.899. The molecule has 0 aromatic heterocycles. The lowest BCUT2D eigenvalue weighted by Crippen LogP contribution is -2.38. The molecule has 1 N–H and O–H groups in total. The molecule has 0 unspecified atom stereocenters. The minimum atomic E-state index is -4.62. The van der Waals surface area contributed by atoms with Gasteiger partial charge in [-0.3, -0.25) is 0 Å². The van der Waals surface area contributed by atoms with Crippen LogP contribution in [0.5, 0.6) is 5.75 Å². The van der Waals surface area contributed by atoms with Crippen LogP contribution in [0.1, 0.15) is 25.3 Å². The highest BCUT2D eigenvalue weighted by atomic mass is 19.4. The van der Waals surface area contributed by atoms with Gasteiger partial charge in [-0.25, -0.2) is 0 Å². The molecular weight excluding hydrogens is 243 g/mol. The highest BCUT2D eigenvalue weighted by molar-refractivity contribution is 5.28. The molecule has 0 bridgehead atoms. The van der Waals surface area contributed by atoms with E-state index in [1.54, 1.807) is 12.1 Å². The molecule has 1 aliphatic rings. The van der Waals surface area contributed by atoms with Gasteiger partial charge in [0.15, 0.2) is 0 Å². The average Bonchev–Trinajstić information content (AvgIpc) is 2.66. The van der Waals surface area contributed by atoms with Gasteiger partial charge in [0.1, 0.15) is 5.75 Å². The fraction of sp³-hybridized carbons (Fsp3) is 0.538. The van der Waals surface area contributed by atoms with E-state index in [1.807, 2.05) is 0 Å². The lowest BCUT2D eigenvalue weighted by molar-refractivity contribution is -0.274. The predicted octanol–water partition coefficient (Wildman–Crippen LogP) is 3.27. The molecule has 0 aliphatic carbocycles. The van der Waals surface area contributed by atoms with Gasteiger partial charge in [-0.1, -0.05) is 12.1 Å². The zero-order chi connectivity index (χ0) is 13.2. The third-order valence-electron chi connectivity index (χ3n) is 3.21. The van der Waals surface area contributed by atoms with Gasteiger partial charge >= 0.3 is 6.36 Å². The third kappa shape index (κ3) is 3.63. The molecule has 1 aromatic rings. The number of nitrogens with one attached hydrogen (secondary N) is 1. The second-order valence-corrected chi connectivity index (χ2v) is 4.96. The maximum absolute atomic E-state index is 12.0. The monoisotopic (exact) mass is 259 g/mol. The molecule has 1 heterocycles. The third-order valence-corrected chi connectivity index (χ3v) is 3.21. The Morgan fingerprint density at radius 3 is 2.44 bits per heavy atom. The Labute approximate surface area is 104 Å². The van der Waals surface area contributed by atoms with Crippen molar-refractivity contribution in [3.63, 3.8) is 0 Å². The Morgan fingerprint density at radius 1 is 1.28 bits per heavy atom. The molecule has 0 radical (unpaired) electrons. The van der Waals surface area contributed by atoms with E-state index in [9.17, 15) is 13.2 Å². The second kappa shape index (κ2) is 4.80. The lowest BCUT2D eigenvalue weighted by Gasteiger charge is -2.24. The second-order valence-electron chi connectivity index (χ2n) is 4.96. The number of halogens is 3. The Morgan fingerprint density at radius 2 is 1.94 bits per heavy atom. The van der Waals surface area contributed by atoms with Crippen molar-refractivity contribution in [2.24, 2.45) is 0 Å². The van der Waals surface area contributed by atoms with Crippen LogP contribution in [0.15, 0.2) is 24.3 Å². The smallest absolute Gasteiger partial charge is 0.406 e. The van der Waals surface area contributed by atoms with Crippen LogP contribution in [0.2, 0.25) is 0 Å². The summed E-state index contributed by atoms with van der Waals surface area (Å²) in [4.78, 5) is 0. The minimum absolute atomic E-state index is 0.0619. The number of alkyl halides is 3. The maximum Gasteiger partial charge on any atom is 0.573 e. The predicted molar refractivity (Wildman–Crippen MR) is 62.5 cm³/mol. The van der Waals surface area contributed by atoms with Gasteiger partial charge in [0, 0.05) is 5.54 Å². The van der Waals surface area contributed by atoms with Crippen molar-refractivity contribution in [3.05, 3.63) is 29.8 Å². The average molecular weight is 259 g/mol. The molecule has 0 amide bonds. The fourth-order valence-electron chi connectivity index (χ4n) is 2.37. The van der Waals surface area contributed by atoms with Crippen molar-refractivity contribution in [3.8, 4) is 5.75 Å². The van der Waals surface area contributed by atoms with Crippen LogP contribution in [-0.4, -0.2) is 18.4 Å². The number of hydrogen-bond acceptors (Lipinski definition) is 2. The maximum atomic E-state index is 12.0. The largest absolute Gasteiger partial charge is 0.573 e. The summed E-state index contributed by atoms with van der Waals surface area (Å²) in [6.45, 7) is 3.14. The van der Waals surface area contributed by atoms with Crippen LogP contribution in [0.3, 0.4) is 0 Å².